The van der Waals surface area contributed by atoms with Crippen LogP contribution >= 0.6 is 0 Å². The fourth-order valence-electron chi connectivity index (χ4n) is 6.23. The van der Waals surface area contributed by atoms with Gasteiger partial charge in [0.2, 0.25) is 5.91 Å². The van der Waals surface area contributed by atoms with Crippen LogP contribution in [0.25, 0.3) is 0 Å². The lowest BCUT2D eigenvalue weighted by atomic mass is 9.98. The molecule has 4 heterocycles. The molecule has 0 bridgehead atoms. The Morgan fingerprint density at radius 3 is 2.48 bits per heavy atom. The van der Waals surface area contributed by atoms with Crippen LogP contribution in [-0.4, -0.2) is 90.9 Å². The van der Waals surface area contributed by atoms with Crippen molar-refractivity contribution in [2.75, 3.05) is 68.8 Å². The van der Waals surface area contributed by atoms with Crippen LogP contribution in [0, 0.1) is 19.3 Å². The van der Waals surface area contributed by atoms with Gasteiger partial charge in [-0.2, -0.15) is 9.97 Å². The van der Waals surface area contributed by atoms with Gasteiger partial charge in [0.15, 0.2) is 0 Å². The van der Waals surface area contributed by atoms with Gasteiger partial charge in [-0.25, -0.2) is 0 Å². The van der Waals surface area contributed by atoms with Gasteiger partial charge in [0.05, 0.1) is 18.8 Å². The Morgan fingerprint density at radius 1 is 1.00 bits per heavy atom. The minimum atomic E-state index is -0.0201. The van der Waals surface area contributed by atoms with Crippen LogP contribution in [0.4, 0.5) is 11.5 Å². The average molecular weight is 546 g/mol. The summed E-state index contributed by atoms with van der Waals surface area (Å²) in [6, 6.07) is 4.66. The second kappa shape index (κ2) is 12.8. The van der Waals surface area contributed by atoms with E-state index >= 15 is 0 Å². The molecule has 1 amide bonds. The third kappa shape index (κ3) is 6.14. The van der Waals surface area contributed by atoms with Crippen molar-refractivity contribution in [3.05, 3.63) is 52.7 Å². The highest BCUT2D eigenvalue weighted by Gasteiger charge is 2.29. The zero-order chi connectivity index (χ0) is 28.1. The van der Waals surface area contributed by atoms with Crippen molar-refractivity contribution >= 4 is 23.6 Å². The minimum Gasteiger partial charge on any atom is -0.463 e. The maximum absolute atomic E-state index is 12.2. The van der Waals surface area contributed by atoms with Crippen molar-refractivity contribution in [3.8, 4) is 6.01 Å². The van der Waals surface area contributed by atoms with E-state index in [-0.39, 0.29) is 5.91 Å². The van der Waals surface area contributed by atoms with E-state index < -0.39 is 0 Å². The highest BCUT2D eigenvalue weighted by Crippen LogP contribution is 2.34. The first-order valence-electron chi connectivity index (χ1n) is 14.8. The first kappa shape index (κ1) is 28.1. The van der Waals surface area contributed by atoms with Gasteiger partial charge >= 0.3 is 6.01 Å². The maximum atomic E-state index is 12.2. The molecule has 1 aromatic heterocycles. The Balaban J connectivity index is 1.37. The molecule has 214 valence electrons. The van der Waals surface area contributed by atoms with Crippen LogP contribution in [0.2, 0.25) is 0 Å². The Hall–Kier alpha value is -3.46. The Labute approximate surface area is 238 Å². The van der Waals surface area contributed by atoms with Crippen LogP contribution in [-0.2, 0) is 17.8 Å². The second-order valence-corrected chi connectivity index (χ2v) is 11.2. The monoisotopic (exact) mass is 545 g/mol. The number of fused-ring (bicyclic) bond motifs is 1. The number of amides is 1. The molecule has 2 aromatic rings. The zero-order valence-corrected chi connectivity index (χ0v) is 24.1. The van der Waals surface area contributed by atoms with Crippen LogP contribution in [0.5, 0.6) is 6.01 Å². The highest BCUT2D eigenvalue weighted by molar-refractivity contribution is 5.89. The predicted molar refractivity (Wildman–Crippen MR) is 160 cm³/mol. The largest absolute Gasteiger partial charge is 0.463 e. The number of nitrogens with one attached hydrogen (secondary N) is 1. The van der Waals surface area contributed by atoms with Crippen LogP contribution in [0.15, 0.2) is 24.8 Å². The number of rotatable bonds is 9. The van der Waals surface area contributed by atoms with E-state index in [0.717, 1.165) is 67.3 Å². The summed E-state index contributed by atoms with van der Waals surface area (Å²) in [5.74, 6) is 0.919. The summed E-state index contributed by atoms with van der Waals surface area (Å²) in [4.78, 5) is 31.0. The van der Waals surface area contributed by atoms with Crippen molar-refractivity contribution in [1.29, 1.82) is 5.41 Å². The molecule has 5 rings (SSSR count). The third-order valence-corrected chi connectivity index (χ3v) is 8.48. The van der Waals surface area contributed by atoms with E-state index in [0.29, 0.717) is 32.3 Å². The first-order valence-corrected chi connectivity index (χ1v) is 14.8. The number of anilines is 2. The average Bonchev–Trinajstić information content (AvgIpc) is 2.99. The summed E-state index contributed by atoms with van der Waals surface area (Å²) in [5.41, 5.74) is 6.51. The fourth-order valence-corrected chi connectivity index (χ4v) is 6.23. The lowest BCUT2D eigenvalue weighted by Gasteiger charge is -2.38. The molecule has 9 heteroatoms. The zero-order valence-electron chi connectivity index (χ0n) is 24.1. The van der Waals surface area contributed by atoms with Gasteiger partial charge in [-0.1, -0.05) is 25.1 Å². The van der Waals surface area contributed by atoms with Crippen LogP contribution in [0.3, 0.4) is 0 Å². The molecule has 1 aromatic carbocycles. The molecule has 0 atom stereocenters. The molecule has 0 saturated carbocycles. The minimum absolute atomic E-state index is 0.0201. The fraction of sp³-hybridized carbons (Fsp3) is 0.548. The number of aryl methyl sites for hydroxylation is 2. The highest BCUT2D eigenvalue weighted by atomic mass is 16.5. The van der Waals surface area contributed by atoms with Crippen molar-refractivity contribution in [2.24, 2.45) is 0 Å². The molecule has 2 saturated heterocycles. The van der Waals surface area contributed by atoms with E-state index in [1.807, 2.05) is 4.90 Å². The quantitative estimate of drug-likeness (QED) is 0.292. The molecule has 0 unspecified atom stereocenters. The van der Waals surface area contributed by atoms with Gasteiger partial charge in [0.1, 0.15) is 5.82 Å². The van der Waals surface area contributed by atoms with Gasteiger partial charge in [-0.3, -0.25) is 4.79 Å². The summed E-state index contributed by atoms with van der Waals surface area (Å²) in [6.07, 6.45) is 8.56. The van der Waals surface area contributed by atoms with Gasteiger partial charge in [0.25, 0.3) is 0 Å². The number of piperazine rings is 1. The number of likely N-dealkylation sites (tertiary alicyclic amines) is 1. The SMILES string of the molecule is C=CC(=O)N1CCN(c2nc(OCCCN3CCCCC3)nc3c2CCN(c2c(C)ccc(C)c2C=N)C3)CC1. The molecule has 1 N–H and O–H groups in total. The van der Waals surface area contributed by atoms with Crippen LogP contribution in [0.1, 0.15) is 53.6 Å². The van der Waals surface area contributed by atoms with Crippen molar-refractivity contribution in [2.45, 2.75) is 52.5 Å². The normalized spacial score (nSPS) is 17.9. The molecule has 3 aliphatic rings. The second-order valence-electron chi connectivity index (χ2n) is 11.2. The van der Waals surface area contributed by atoms with E-state index in [1.165, 1.54) is 55.8 Å². The van der Waals surface area contributed by atoms with Gasteiger partial charge in [-0.15, -0.1) is 0 Å². The lowest BCUT2D eigenvalue weighted by molar-refractivity contribution is -0.126. The molecule has 2 fully saturated rings. The van der Waals surface area contributed by atoms with Crippen molar-refractivity contribution in [1.82, 2.24) is 19.8 Å². The number of hydrogen-bond acceptors (Lipinski definition) is 8. The predicted octanol–water partition coefficient (Wildman–Crippen LogP) is 3.74. The molecular formula is C31H43N7O2. The lowest BCUT2D eigenvalue weighted by Crippen LogP contribution is -2.49. The number of hydrogen-bond donors (Lipinski definition) is 1. The number of nitrogens with zero attached hydrogens (tertiary/aromatic N) is 6. The number of aromatic nitrogens is 2. The molecule has 0 spiro atoms. The van der Waals surface area contributed by atoms with Crippen molar-refractivity contribution < 1.29 is 9.53 Å². The van der Waals surface area contributed by atoms with E-state index in [1.54, 1.807) is 0 Å². The van der Waals surface area contributed by atoms with Gasteiger partial charge in [0, 0.05) is 62.3 Å². The summed E-state index contributed by atoms with van der Waals surface area (Å²) >= 11 is 0. The third-order valence-electron chi connectivity index (χ3n) is 8.48. The Kier molecular flexibility index (Phi) is 8.99. The summed E-state index contributed by atoms with van der Waals surface area (Å²) in [6.45, 7) is 16.0. The van der Waals surface area contributed by atoms with Gasteiger partial charge < -0.3 is 29.7 Å². The van der Waals surface area contributed by atoms with Crippen molar-refractivity contribution in [3.63, 3.8) is 0 Å². The van der Waals surface area contributed by atoms with E-state index in [9.17, 15) is 4.79 Å². The van der Waals surface area contributed by atoms with E-state index in [4.69, 9.17) is 20.1 Å². The number of benzene rings is 1. The number of piperidine rings is 1. The first-order chi connectivity index (χ1) is 19.5. The standard InChI is InChI=1S/C31H43N7O2/c1-4-28(39)36-16-18-37(19-17-36)30-25-11-15-38(29-24(3)10-9-23(2)26(29)21-32)22-27(25)33-31(34-30)40-20-8-14-35-12-6-5-7-13-35/h4,9-10,21,32H,1,5-8,11-20,22H2,2-3H3. The van der Waals surface area contributed by atoms with Crippen LogP contribution < -0.4 is 14.5 Å². The van der Waals surface area contributed by atoms with E-state index in [2.05, 4.69) is 47.3 Å². The Bertz CT molecular complexity index is 1230. The summed E-state index contributed by atoms with van der Waals surface area (Å²) < 4.78 is 6.19. The number of carbonyl (C=O) groups is 1. The molecule has 40 heavy (non-hydrogen) atoms. The summed E-state index contributed by atoms with van der Waals surface area (Å²) in [5, 5.41) is 8.07. The smallest absolute Gasteiger partial charge is 0.318 e. The maximum Gasteiger partial charge on any atom is 0.318 e. The molecular weight excluding hydrogens is 502 g/mol. The molecule has 9 nitrogen and oxygen atoms in total. The Morgan fingerprint density at radius 2 is 1.75 bits per heavy atom. The summed E-state index contributed by atoms with van der Waals surface area (Å²) in [7, 11) is 0. The number of ether oxygens (including phenoxy) is 1. The molecule has 0 aliphatic carbocycles. The number of carbonyl (C=O) groups excluding carboxylic acids is 1. The molecule has 0 radical (unpaired) electrons. The molecule has 3 aliphatic heterocycles. The van der Waals surface area contributed by atoms with Gasteiger partial charge in [-0.05, 0) is 69.8 Å². The topological polar surface area (TPSA) is 88.9 Å².